The molecule has 1 heterocycles. The zero-order valence-corrected chi connectivity index (χ0v) is 16.6. The summed E-state index contributed by atoms with van der Waals surface area (Å²) < 4.78 is 35.2. The summed E-state index contributed by atoms with van der Waals surface area (Å²) in [6.45, 7) is -1.71. The molecule has 0 aromatic heterocycles. The smallest absolute Gasteiger partial charge is 0.387 e. The lowest BCUT2D eigenvalue weighted by molar-refractivity contribution is -0.119. The summed E-state index contributed by atoms with van der Waals surface area (Å²) in [6, 6.07) is 14.0. The van der Waals surface area contributed by atoms with Gasteiger partial charge in [-0.25, -0.2) is 0 Å². The highest BCUT2D eigenvalue weighted by molar-refractivity contribution is 9.10. The lowest BCUT2D eigenvalue weighted by Crippen LogP contribution is -2.49. The third-order valence-electron chi connectivity index (χ3n) is 4.64. The third kappa shape index (κ3) is 5.39. The van der Waals surface area contributed by atoms with Gasteiger partial charge in [0.15, 0.2) is 0 Å². The van der Waals surface area contributed by atoms with E-state index in [4.69, 9.17) is 4.74 Å². The highest BCUT2D eigenvalue weighted by Gasteiger charge is 2.35. The molecule has 0 spiro atoms. The fraction of sp³-hybridized carbons (Fsp3) is 0.286. The van der Waals surface area contributed by atoms with Crippen LogP contribution < -0.4 is 10.1 Å². The molecule has 0 radical (unpaired) electrons. The molecule has 7 heteroatoms. The SMILES string of the molecule is O=C(/C=C\c1ccc(OC(F)F)cc1)NC1(c2ccc(Br)cc2)CCOCC1. The van der Waals surface area contributed by atoms with E-state index in [0.717, 1.165) is 10.0 Å². The van der Waals surface area contributed by atoms with Gasteiger partial charge in [0, 0.05) is 23.8 Å². The van der Waals surface area contributed by atoms with Gasteiger partial charge in [0.05, 0.1) is 5.54 Å². The molecule has 3 rings (SSSR count). The number of nitrogens with one attached hydrogen (secondary N) is 1. The van der Waals surface area contributed by atoms with Crippen molar-refractivity contribution in [1.29, 1.82) is 0 Å². The summed E-state index contributed by atoms with van der Waals surface area (Å²) in [6.07, 6.45) is 4.46. The number of halogens is 3. The second kappa shape index (κ2) is 9.30. The number of hydrogen-bond acceptors (Lipinski definition) is 3. The van der Waals surface area contributed by atoms with E-state index < -0.39 is 12.2 Å². The van der Waals surface area contributed by atoms with Crippen molar-refractivity contribution in [2.75, 3.05) is 13.2 Å². The van der Waals surface area contributed by atoms with Crippen LogP contribution in [0.5, 0.6) is 5.75 Å². The van der Waals surface area contributed by atoms with Gasteiger partial charge < -0.3 is 14.8 Å². The number of ether oxygens (including phenoxy) is 2. The molecule has 2 aromatic carbocycles. The van der Waals surface area contributed by atoms with Gasteiger partial charge in [-0.2, -0.15) is 8.78 Å². The van der Waals surface area contributed by atoms with E-state index >= 15 is 0 Å². The average molecular weight is 452 g/mol. The fourth-order valence-corrected chi connectivity index (χ4v) is 3.45. The number of amides is 1. The molecular formula is C21H20BrF2NO3. The Labute approximate surface area is 170 Å². The number of carbonyl (C=O) groups is 1. The van der Waals surface area contributed by atoms with E-state index in [1.807, 2.05) is 24.3 Å². The van der Waals surface area contributed by atoms with Crippen LogP contribution in [0.25, 0.3) is 6.08 Å². The fourth-order valence-electron chi connectivity index (χ4n) is 3.18. The second-order valence-corrected chi connectivity index (χ2v) is 7.39. The van der Waals surface area contributed by atoms with Crippen molar-refractivity contribution in [2.24, 2.45) is 0 Å². The van der Waals surface area contributed by atoms with Crippen molar-refractivity contribution >= 4 is 27.9 Å². The maximum absolute atomic E-state index is 12.6. The van der Waals surface area contributed by atoms with E-state index in [-0.39, 0.29) is 11.7 Å². The van der Waals surface area contributed by atoms with Crippen molar-refractivity contribution < 1.29 is 23.0 Å². The maximum atomic E-state index is 12.6. The molecule has 0 bridgehead atoms. The number of hydrogen-bond donors (Lipinski definition) is 1. The molecule has 1 aliphatic heterocycles. The standard InChI is InChI=1S/C21H20BrF2NO3/c22-17-6-4-16(5-7-17)21(11-13-27-14-12-21)25-19(26)10-3-15-1-8-18(9-2-15)28-20(23)24/h1-10,20H,11-14H2,(H,25,26)/b10-3-. The lowest BCUT2D eigenvalue weighted by atomic mass is 9.82. The normalized spacial score (nSPS) is 16.3. The highest BCUT2D eigenvalue weighted by atomic mass is 79.9. The molecule has 4 nitrogen and oxygen atoms in total. The quantitative estimate of drug-likeness (QED) is 0.636. The first-order valence-electron chi connectivity index (χ1n) is 8.86. The number of rotatable bonds is 6. The molecule has 0 saturated carbocycles. The van der Waals surface area contributed by atoms with Gasteiger partial charge in [-0.05, 0) is 54.3 Å². The van der Waals surface area contributed by atoms with Crippen LogP contribution in [0.4, 0.5) is 8.78 Å². The number of alkyl halides is 2. The molecule has 28 heavy (non-hydrogen) atoms. The van der Waals surface area contributed by atoms with Gasteiger partial charge >= 0.3 is 6.61 Å². The first-order valence-corrected chi connectivity index (χ1v) is 9.65. The summed E-state index contributed by atoms with van der Waals surface area (Å²) in [5.41, 5.74) is 1.27. The largest absolute Gasteiger partial charge is 0.435 e. The van der Waals surface area contributed by atoms with Crippen LogP contribution >= 0.6 is 15.9 Å². The first kappa shape index (κ1) is 20.5. The van der Waals surface area contributed by atoms with Crippen molar-refractivity contribution in [3.05, 3.63) is 70.2 Å². The Morgan fingerprint density at radius 1 is 1.11 bits per heavy atom. The maximum Gasteiger partial charge on any atom is 0.387 e. The summed E-state index contributed by atoms with van der Waals surface area (Å²) in [5.74, 6) is -0.147. The molecule has 1 aliphatic rings. The van der Waals surface area contributed by atoms with E-state index in [1.165, 1.54) is 18.2 Å². The molecule has 0 atom stereocenters. The lowest BCUT2D eigenvalue weighted by Gasteiger charge is -2.38. The van der Waals surface area contributed by atoms with Crippen molar-refractivity contribution in [3.8, 4) is 5.75 Å². The Kier molecular flexibility index (Phi) is 6.80. The Balaban J connectivity index is 1.70. The van der Waals surface area contributed by atoms with Crippen molar-refractivity contribution in [3.63, 3.8) is 0 Å². The molecule has 0 unspecified atom stereocenters. The van der Waals surface area contributed by atoms with Gasteiger partial charge in [-0.3, -0.25) is 4.79 Å². The second-order valence-electron chi connectivity index (χ2n) is 6.47. The van der Waals surface area contributed by atoms with Crippen LogP contribution in [-0.2, 0) is 15.1 Å². The predicted octanol–water partition coefficient (Wildman–Crippen LogP) is 4.89. The summed E-state index contributed by atoms with van der Waals surface area (Å²) in [7, 11) is 0. The van der Waals surface area contributed by atoms with Crippen LogP contribution in [0, 0.1) is 0 Å². The van der Waals surface area contributed by atoms with Crippen LogP contribution in [0.2, 0.25) is 0 Å². The minimum absolute atomic E-state index is 0.0769. The monoisotopic (exact) mass is 451 g/mol. The Morgan fingerprint density at radius 2 is 1.75 bits per heavy atom. The number of benzene rings is 2. The molecule has 1 fully saturated rings. The topological polar surface area (TPSA) is 47.6 Å². The van der Waals surface area contributed by atoms with Crippen LogP contribution in [-0.4, -0.2) is 25.7 Å². The Hall–Kier alpha value is -2.25. The molecular weight excluding hydrogens is 432 g/mol. The first-order chi connectivity index (χ1) is 13.5. The Bertz CT molecular complexity index is 817. The van der Waals surface area contributed by atoms with Crippen LogP contribution in [0.15, 0.2) is 59.1 Å². The van der Waals surface area contributed by atoms with E-state index in [0.29, 0.717) is 31.6 Å². The number of carbonyl (C=O) groups excluding carboxylic acids is 1. The molecule has 1 N–H and O–H groups in total. The van der Waals surface area contributed by atoms with Crippen LogP contribution in [0.1, 0.15) is 24.0 Å². The van der Waals surface area contributed by atoms with Gasteiger partial charge in [0.25, 0.3) is 0 Å². The van der Waals surface area contributed by atoms with Crippen molar-refractivity contribution in [1.82, 2.24) is 5.32 Å². The van der Waals surface area contributed by atoms with Gasteiger partial charge in [0.1, 0.15) is 5.75 Å². The third-order valence-corrected chi connectivity index (χ3v) is 5.17. The van der Waals surface area contributed by atoms with Gasteiger partial charge in [-0.15, -0.1) is 0 Å². The van der Waals surface area contributed by atoms with E-state index in [2.05, 4.69) is 26.0 Å². The molecule has 2 aromatic rings. The highest BCUT2D eigenvalue weighted by Crippen LogP contribution is 2.33. The minimum atomic E-state index is -2.86. The van der Waals surface area contributed by atoms with Crippen molar-refractivity contribution in [2.45, 2.75) is 25.0 Å². The predicted molar refractivity (Wildman–Crippen MR) is 106 cm³/mol. The summed E-state index contributed by atoms with van der Waals surface area (Å²) in [4.78, 5) is 12.6. The molecule has 1 amide bonds. The summed E-state index contributed by atoms with van der Waals surface area (Å²) in [5, 5.41) is 3.13. The van der Waals surface area contributed by atoms with Gasteiger partial charge in [-0.1, -0.05) is 40.2 Å². The minimum Gasteiger partial charge on any atom is -0.435 e. The van der Waals surface area contributed by atoms with Gasteiger partial charge in [0.2, 0.25) is 5.91 Å². The van der Waals surface area contributed by atoms with E-state index in [9.17, 15) is 13.6 Å². The Morgan fingerprint density at radius 3 is 2.36 bits per heavy atom. The van der Waals surface area contributed by atoms with E-state index in [1.54, 1.807) is 18.2 Å². The molecule has 1 saturated heterocycles. The zero-order chi connectivity index (χ0) is 20.0. The average Bonchev–Trinajstić information content (AvgIpc) is 2.68. The van der Waals surface area contributed by atoms with Crippen LogP contribution in [0.3, 0.4) is 0 Å². The molecule has 0 aliphatic carbocycles. The zero-order valence-electron chi connectivity index (χ0n) is 15.0. The molecule has 148 valence electrons. The summed E-state index contributed by atoms with van der Waals surface area (Å²) >= 11 is 3.43.